The lowest BCUT2D eigenvalue weighted by atomic mass is 10.3. The third kappa shape index (κ3) is 3.12. The quantitative estimate of drug-likeness (QED) is 0.764. The smallest absolute Gasteiger partial charge is 0.204 e. The van der Waals surface area contributed by atoms with Crippen molar-refractivity contribution < 1.29 is 4.74 Å². The number of aryl methyl sites for hydroxylation is 1. The number of aromatic nitrogens is 4. The molecule has 2 aromatic rings. The third-order valence-corrected chi connectivity index (χ3v) is 2.39. The number of rotatable bonds is 5. The van der Waals surface area contributed by atoms with Crippen LogP contribution in [0.3, 0.4) is 0 Å². The fraction of sp³-hybridized carbons (Fsp3) is 0.417. The minimum absolute atomic E-state index is 0.254. The van der Waals surface area contributed by atoms with Crippen LogP contribution < -0.4 is 15.4 Å². The van der Waals surface area contributed by atoms with E-state index in [0.29, 0.717) is 23.2 Å². The average Bonchev–Trinajstić information content (AvgIpc) is 2.74. The van der Waals surface area contributed by atoms with Crippen LogP contribution in [0.2, 0.25) is 0 Å². The van der Waals surface area contributed by atoms with Crippen LogP contribution in [0.25, 0.3) is 0 Å². The molecule has 0 aliphatic carbocycles. The second-order valence-electron chi connectivity index (χ2n) is 4.46. The van der Waals surface area contributed by atoms with Crippen molar-refractivity contribution in [2.45, 2.75) is 26.8 Å². The van der Waals surface area contributed by atoms with Gasteiger partial charge in [0.1, 0.15) is 6.33 Å². The fourth-order valence-corrected chi connectivity index (χ4v) is 1.64. The molecule has 3 N–H and O–H groups in total. The molecule has 0 saturated carbocycles. The minimum Gasteiger partial charge on any atom is -0.490 e. The van der Waals surface area contributed by atoms with Gasteiger partial charge in [-0.2, -0.15) is 5.10 Å². The molecule has 0 bridgehead atoms. The highest BCUT2D eigenvalue weighted by atomic mass is 16.5. The number of methoxy groups -OCH3 is 1. The van der Waals surface area contributed by atoms with Crippen molar-refractivity contribution in [2.75, 3.05) is 17.7 Å². The topological polar surface area (TPSA) is 87.8 Å². The summed E-state index contributed by atoms with van der Waals surface area (Å²) in [6.45, 7) is 6.00. The molecule has 0 fully saturated rings. The Morgan fingerprint density at radius 2 is 2.00 bits per heavy atom. The predicted octanol–water partition coefficient (Wildman–Crippen LogP) is 2.08. The number of nitrogens with one attached hydrogen (secondary N) is 3. The van der Waals surface area contributed by atoms with Gasteiger partial charge in [0.05, 0.1) is 7.11 Å². The van der Waals surface area contributed by atoms with E-state index in [1.54, 1.807) is 7.11 Å². The van der Waals surface area contributed by atoms with Gasteiger partial charge in [-0.05, 0) is 20.8 Å². The van der Waals surface area contributed by atoms with Gasteiger partial charge >= 0.3 is 0 Å². The molecule has 0 aromatic carbocycles. The summed E-state index contributed by atoms with van der Waals surface area (Å²) in [5.41, 5.74) is 0.969. The van der Waals surface area contributed by atoms with Crippen LogP contribution in [0, 0.1) is 6.92 Å². The van der Waals surface area contributed by atoms with E-state index in [9.17, 15) is 0 Å². The highest BCUT2D eigenvalue weighted by Crippen LogP contribution is 2.31. The zero-order valence-corrected chi connectivity index (χ0v) is 11.5. The minimum atomic E-state index is 0.254. The van der Waals surface area contributed by atoms with E-state index in [-0.39, 0.29) is 6.04 Å². The van der Waals surface area contributed by atoms with E-state index < -0.39 is 0 Å². The molecule has 2 aromatic heterocycles. The van der Waals surface area contributed by atoms with Gasteiger partial charge in [0, 0.05) is 17.8 Å². The van der Waals surface area contributed by atoms with Gasteiger partial charge in [-0.25, -0.2) is 9.97 Å². The summed E-state index contributed by atoms with van der Waals surface area (Å²) in [5, 5.41) is 13.3. The van der Waals surface area contributed by atoms with Crippen LogP contribution in [0.15, 0.2) is 12.4 Å². The zero-order valence-electron chi connectivity index (χ0n) is 11.5. The van der Waals surface area contributed by atoms with E-state index in [1.165, 1.54) is 6.33 Å². The van der Waals surface area contributed by atoms with Crippen molar-refractivity contribution in [3.8, 4) is 5.75 Å². The first-order chi connectivity index (χ1) is 9.10. The van der Waals surface area contributed by atoms with Crippen LogP contribution in [-0.2, 0) is 0 Å². The molecule has 0 spiro atoms. The highest BCUT2D eigenvalue weighted by Gasteiger charge is 2.13. The van der Waals surface area contributed by atoms with Gasteiger partial charge in [0.25, 0.3) is 0 Å². The summed E-state index contributed by atoms with van der Waals surface area (Å²) in [7, 11) is 1.59. The summed E-state index contributed by atoms with van der Waals surface area (Å²) in [5.74, 6) is 2.48. The van der Waals surface area contributed by atoms with Crippen LogP contribution in [0.1, 0.15) is 19.5 Å². The molecule has 2 rings (SSSR count). The molecule has 7 heteroatoms. The summed E-state index contributed by atoms with van der Waals surface area (Å²) in [4.78, 5) is 8.36. The molecular weight excluding hydrogens is 244 g/mol. The number of H-pyrrole nitrogens is 1. The van der Waals surface area contributed by atoms with Gasteiger partial charge < -0.3 is 15.4 Å². The molecule has 0 aliphatic rings. The Hall–Kier alpha value is -2.31. The maximum absolute atomic E-state index is 5.37. The van der Waals surface area contributed by atoms with E-state index in [1.807, 2.05) is 26.8 Å². The first-order valence-electron chi connectivity index (χ1n) is 6.04. The van der Waals surface area contributed by atoms with E-state index in [4.69, 9.17) is 4.74 Å². The largest absolute Gasteiger partial charge is 0.490 e. The SMILES string of the molecule is COc1c(Nc2cc(C)[nH]n2)ncnc1NC(C)C. The predicted molar refractivity (Wildman–Crippen MR) is 74.0 cm³/mol. The second-order valence-corrected chi connectivity index (χ2v) is 4.46. The van der Waals surface area contributed by atoms with Gasteiger partial charge in [0.2, 0.25) is 5.75 Å². The Bertz CT molecular complexity index is 551. The number of nitrogens with zero attached hydrogens (tertiary/aromatic N) is 3. The molecule has 2 heterocycles. The lowest BCUT2D eigenvalue weighted by molar-refractivity contribution is 0.414. The molecule has 7 nitrogen and oxygen atoms in total. The second kappa shape index (κ2) is 5.55. The zero-order chi connectivity index (χ0) is 13.8. The summed E-state index contributed by atoms with van der Waals surface area (Å²) in [6, 6.07) is 2.14. The fourth-order valence-electron chi connectivity index (χ4n) is 1.64. The van der Waals surface area contributed by atoms with Crippen molar-refractivity contribution >= 4 is 17.5 Å². The van der Waals surface area contributed by atoms with Gasteiger partial charge in [-0.15, -0.1) is 0 Å². The number of hydrogen-bond donors (Lipinski definition) is 3. The lowest BCUT2D eigenvalue weighted by Gasteiger charge is -2.15. The number of aromatic amines is 1. The number of hydrogen-bond acceptors (Lipinski definition) is 6. The van der Waals surface area contributed by atoms with Crippen LogP contribution in [0.4, 0.5) is 17.5 Å². The molecule has 0 unspecified atom stereocenters. The maximum Gasteiger partial charge on any atom is 0.204 e. The Morgan fingerprint density at radius 3 is 2.58 bits per heavy atom. The van der Waals surface area contributed by atoms with E-state index in [0.717, 1.165) is 5.69 Å². The first kappa shape index (κ1) is 13.1. The molecular formula is C12H18N6O. The third-order valence-electron chi connectivity index (χ3n) is 2.39. The van der Waals surface area contributed by atoms with Crippen LogP contribution >= 0.6 is 0 Å². The Morgan fingerprint density at radius 1 is 1.26 bits per heavy atom. The van der Waals surface area contributed by atoms with Crippen molar-refractivity contribution in [3.05, 3.63) is 18.1 Å². The molecule has 0 atom stereocenters. The van der Waals surface area contributed by atoms with Gasteiger partial charge in [0.15, 0.2) is 17.5 Å². The molecule has 102 valence electrons. The van der Waals surface area contributed by atoms with Crippen molar-refractivity contribution in [3.63, 3.8) is 0 Å². The van der Waals surface area contributed by atoms with E-state index >= 15 is 0 Å². The van der Waals surface area contributed by atoms with Crippen molar-refractivity contribution in [1.82, 2.24) is 20.2 Å². The van der Waals surface area contributed by atoms with Crippen LogP contribution in [-0.4, -0.2) is 33.3 Å². The number of anilines is 3. The van der Waals surface area contributed by atoms with Crippen LogP contribution in [0.5, 0.6) is 5.75 Å². The van der Waals surface area contributed by atoms with Crippen molar-refractivity contribution in [1.29, 1.82) is 0 Å². The monoisotopic (exact) mass is 262 g/mol. The Balaban J connectivity index is 2.29. The van der Waals surface area contributed by atoms with Gasteiger partial charge in [-0.3, -0.25) is 5.10 Å². The maximum atomic E-state index is 5.37. The standard InChI is InChI=1S/C12H18N6O/c1-7(2)15-11-10(19-4)12(14-6-13-11)16-9-5-8(3)17-18-9/h5-7H,1-4H3,(H3,13,14,15,16,17,18). The lowest BCUT2D eigenvalue weighted by Crippen LogP contribution is -2.13. The number of ether oxygens (including phenoxy) is 1. The van der Waals surface area contributed by atoms with Gasteiger partial charge in [-0.1, -0.05) is 0 Å². The summed E-state index contributed by atoms with van der Waals surface area (Å²) in [6.07, 6.45) is 1.48. The summed E-state index contributed by atoms with van der Waals surface area (Å²) >= 11 is 0. The highest BCUT2D eigenvalue weighted by molar-refractivity contribution is 5.68. The molecule has 0 saturated heterocycles. The Labute approximate surface area is 111 Å². The molecule has 19 heavy (non-hydrogen) atoms. The van der Waals surface area contributed by atoms with Crippen molar-refractivity contribution in [2.24, 2.45) is 0 Å². The Kier molecular flexibility index (Phi) is 3.84. The molecule has 0 amide bonds. The average molecular weight is 262 g/mol. The first-order valence-corrected chi connectivity index (χ1v) is 6.04. The van der Waals surface area contributed by atoms with E-state index in [2.05, 4.69) is 30.8 Å². The normalized spacial score (nSPS) is 10.6. The summed E-state index contributed by atoms with van der Waals surface area (Å²) < 4.78 is 5.37. The molecule has 0 aliphatic heterocycles. The molecule has 0 radical (unpaired) electrons.